The van der Waals surface area contributed by atoms with Gasteiger partial charge in [0.2, 0.25) is 5.91 Å². The minimum Gasteiger partial charge on any atom is -0.391 e. The van der Waals surface area contributed by atoms with E-state index >= 15 is 0 Å². The number of aliphatic hydroxyl groups excluding tert-OH is 1. The van der Waals surface area contributed by atoms with E-state index < -0.39 is 20.0 Å². The normalized spacial score (nSPS) is 13.5. The molecule has 0 fully saturated rings. The van der Waals surface area contributed by atoms with Gasteiger partial charge in [-0.3, -0.25) is 13.8 Å². The first-order valence-electron chi connectivity index (χ1n) is 36.9. The predicted octanol–water partition coefficient (Wildman–Crippen LogP) is 23.5. The van der Waals surface area contributed by atoms with Crippen molar-refractivity contribution in [2.45, 2.75) is 418 Å². The number of aliphatic hydroxyl groups is 1. The molecule has 0 aromatic rings. The van der Waals surface area contributed by atoms with Crippen molar-refractivity contribution in [2.75, 3.05) is 40.9 Å². The van der Waals surface area contributed by atoms with Gasteiger partial charge in [-0.2, -0.15) is 0 Å². The maximum atomic E-state index is 13.1. The van der Waals surface area contributed by atoms with Gasteiger partial charge in [0.25, 0.3) is 0 Å². The Kier molecular flexibility index (Phi) is 63.6. The number of rotatable bonds is 70. The predicted molar refractivity (Wildman–Crippen MR) is 356 cm³/mol. The summed E-state index contributed by atoms with van der Waals surface area (Å²) in [6.07, 6.45) is 80.9. The van der Waals surface area contributed by atoms with Crippen molar-refractivity contribution < 1.29 is 32.9 Å². The summed E-state index contributed by atoms with van der Waals surface area (Å²) in [6.45, 7) is 4.97. The van der Waals surface area contributed by atoms with Gasteiger partial charge in [-0.05, 0) is 12.8 Å². The molecule has 0 aromatic carbocycles. The summed E-state index contributed by atoms with van der Waals surface area (Å²) >= 11 is 0. The summed E-state index contributed by atoms with van der Waals surface area (Å²) in [5, 5.41) is 14.1. The molecule has 3 N–H and O–H groups in total. The van der Waals surface area contributed by atoms with Crippen molar-refractivity contribution in [2.24, 2.45) is 0 Å². The zero-order chi connectivity index (χ0) is 59.1. The Morgan fingerprint density at radius 3 is 0.827 bits per heavy atom. The number of hydrogen-bond donors (Lipinski definition) is 3. The van der Waals surface area contributed by atoms with E-state index in [1.807, 2.05) is 21.1 Å². The SMILES string of the molecule is CCCCCCCCCCCCCCCCCCCCCCCCCCCCCCCCCCCCCCCCCC(=O)NC(COP(=O)(O)OCC[N+](C)(C)C)C(O)CCCCCCCCCCCCCCCCCCCCCC. The minimum atomic E-state index is -4.32. The van der Waals surface area contributed by atoms with Gasteiger partial charge in [-0.1, -0.05) is 386 Å². The molecule has 0 heterocycles. The fourth-order valence-corrected chi connectivity index (χ4v) is 12.6. The van der Waals surface area contributed by atoms with Crippen LogP contribution >= 0.6 is 7.82 Å². The summed E-state index contributed by atoms with van der Waals surface area (Å²) in [5.74, 6) is -0.133. The number of phosphoric ester groups is 1. The number of nitrogens with one attached hydrogen (secondary N) is 1. The maximum Gasteiger partial charge on any atom is 0.472 e. The van der Waals surface area contributed by atoms with Crippen LogP contribution in [0.1, 0.15) is 406 Å². The van der Waals surface area contributed by atoms with Gasteiger partial charge in [0.05, 0.1) is 39.9 Å². The molecular weight excluding hydrogens is 1020 g/mol. The highest BCUT2D eigenvalue weighted by atomic mass is 31.2. The molecule has 1 amide bonds. The second-order valence-corrected chi connectivity index (χ2v) is 28.5. The lowest BCUT2D eigenvalue weighted by atomic mass is 10.0. The molecule has 0 aliphatic carbocycles. The van der Waals surface area contributed by atoms with Crippen LogP contribution in [-0.4, -0.2) is 73.4 Å². The molecule has 0 aromatic heterocycles. The summed E-state index contributed by atoms with van der Waals surface area (Å²) in [4.78, 5) is 23.5. The van der Waals surface area contributed by atoms with Gasteiger partial charge >= 0.3 is 7.82 Å². The van der Waals surface area contributed by atoms with Gasteiger partial charge in [-0.15, -0.1) is 0 Å². The van der Waals surface area contributed by atoms with Gasteiger partial charge in [0, 0.05) is 6.42 Å². The zero-order valence-electron chi connectivity index (χ0n) is 55.8. The van der Waals surface area contributed by atoms with Gasteiger partial charge < -0.3 is 19.8 Å². The monoisotopic (exact) mass is 1170 g/mol. The third-order valence-electron chi connectivity index (χ3n) is 17.6. The van der Waals surface area contributed by atoms with E-state index in [1.165, 1.54) is 340 Å². The number of quaternary nitrogens is 1. The number of likely N-dealkylation sites (N-methyl/N-ethyl adjacent to an activating group) is 1. The molecule has 3 unspecified atom stereocenters. The topological polar surface area (TPSA) is 105 Å². The molecule has 3 atom stereocenters. The standard InChI is InChI=1S/C72H147N2O6P/c1-6-8-10-12-14-16-18-20-22-24-26-28-29-30-31-32-33-34-35-36-37-38-39-40-41-42-43-44-45-46-48-50-52-54-56-58-60-62-64-66-72(76)73-70(69-80-81(77,78)79-68-67-74(3,4)5)71(75)65-63-61-59-57-55-53-51-49-47-27-25-23-21-19-17-15-13-11-9-7-2/h70-71,75H,6-69H2,1-5H3,(H-,73,76,77,78)/p+1. The summed E-state index contributed by atoms with van der Waals surface area (Å²) in [6, 6.07) is -0.757. The summed E-state index contributed by atoms with van der Waals surface area (Å²) in [7, 11) is 1.64. The van der Waals surface area contributed by atoms with Crippen molar-refractivity contribution >= 4 is 13.7 Å². The van der Waals surface area contributed by atoms with Gasteiger partial charge in [-0.25, -0.2) is 4.57 Å². The highest BCUT2D eigenvalue weighted by molar-refractivity contribution is 7.47. The molecule has 0 bridgehead atoms. The quantitative estimate of drug-likeness (QED) is 0.0318. The highest BCUT2D eigenvalue weighted by Gasteiger charge is 2.28. The van der Waals surface area contributed by atoms with Crippen LogP contribution in [0.3, 0.4) is 0 Å². The van der Waals surface area contributed by atoms with Crippen LogP contribution in [0.25, 0.3) is 0 Å². The van der Waals surface area contributed by atoms with E-state index in [-0.39, 0.29) is 19.1 Å². The second-order valence-electron chi connectivity index (χ2n) is 27.0. The Morgan fingerprint density at radius 1 is 0.370 bits per heavy atom. The lowest BCUT2D eigenvalue weighted by molar-refractivity contribution is -0.870. The molecule has 0 aliphatic rings. The van der Waals surface area contributed by atoms with Crippen LogP contribution in [0.2, 0.25) is 0 Å². The first kappa shape index (κ1) is 80.5. The Bertz CT molecular complexity index is 1280. The van der Waals surface area contributed by atoms with Crippen LogP contribution in [0, 0.1) is 0 Å². The zero-order valence-corrected chi connectivity index (χ0v) is 56.7. The molecular formula is C72H148N2O6P+. The van der Waals surface area contributed by atoms with E-state index in [1.54, 1.807) is 0 Å². The van der Waals surface area contributed by atoms with Crippen molar-refractivity contribution in [3.63, 3.8) is 0 Å². The van der Waals surface area contributed by atoms with Gasteiger partial charge in [0.1, 0.15) is 13.2 Å². The molecule has 0 aliphatic heterocycles. The van der Waals surface area contributed by atoms with Crippen molar-refractivity contribution in [1.82, 2.24) is 5.32 Å². The van der Waals surface area contributed by atoms with E-state index in [0.717, 1.165) is 38.5 Å². The van der Waals surface area contributed by atoms with Crippen LogP contribution in [0.4, 0.5) is 0 Å². The van der Waals surface area contributed by atoms with Crippen LogP contribution < -0.4 is 5.32 Å². The number of phosphoric acid groups is 1. The molecule has 486 valence electrons. The molecule has 0 spiro atoms. The van der Waals surface area contributed by atoms with Crippen molar-refractivity contribution in [1.29, 1.82) is 0 Å². The molecule has 81 heavy (non-hydrogen) atoms. The van der Waals surface area contributed by atoms with E-state index in [4.69, 9.17) is 9.05 Å². The molecule has 9 heteroatoms. The Balaban J connectivity index is 3.85. The summed E-state index contributed by atoms with van der Waals surface area (Å²) < 4.78 is 23.9. The Hall–Kier alpha value is -0.500. The lowest BCUT2D eigenvalue weighted by Gasteiger charge is -2.26. The second kappa shape index (κ2) is 64.0. The molecule has 0 radical (unpaired) electrons. The number of hydrogen-bond acceptors (Lipinski definition) is 5. The van der Waals surface area contributed by atoms with Crippen molar-refractivity contribution in [3.05, 3.63) is 0 Å². The third-order valence-corrected chi connectivity index (χ3v) is 18.6. The van der Waals surface area contributed by atoms with Crippen LogP contribution in [0.15, 0.2) is 0 Å². The van der Waals surface area contributed by atoms with Crippen LogP contribution in [-0.2, 0) is 18.4 Å². The Morgan fingerprint density at radius 2 is 0.593 bits per heavy atom. The van der Waals surface area contributed by atoms with Crippen molar-refractivity contribution in [3.8, 4) is 0 Å². The number of amides is 1. The number of nitrogens with zero attached hydrogens (tertiary/aromatic N) is 1. The number of unbranched alkanes of at least 4 members (excludes halogenated alkanes) is 57. The average molecular weight is 1170 g/mol. The number of carbonyl (C=O) groups is 1. The molecule has 0 saturated carbocycles. The molecule has 0 saturated heterocycles. The molecule has 0 rings (SSSR count). The molecule has 8 nitrogen and oxygen atoms in total. The first-order chi connectivity index (χ1) is 39.5. The smallest absolute Gasteiger partial charge is 0.391 e. The third kappa shape index (κ3) is 66.9. The largest absolute Gasteiger partial charge is 0.472 e. The van der Waals surface area contributed by atoms with E-state index in [2.05, 4.69) is 19.2 Å². The minimum absolute atomic E-state index is 0.0794. The summed E-state index contributed by atoms with van der Waals surface area (Å²) in [5.41, 5.74) is 0. The number of carbonyl (C=O) groups excluding carboxylic acids is 1. The highest BCUT2D eigenvalue weighted by Crippen LogP contribution is 2.43. The Labute approximate surface area is 508 Å². The average Bonchev–Trinajstić information content (AvgIpc) is 3.43. The first-order valence-corrected chi connectivity index (χ1v) is 38.4. The van der Waals surface area contributed by atoms with Crippen LogP contribution in [0.5, 0.6) is 0 Å². The van der Waals surface area contributed by atoms with E-state index in [9.17, 15) is 19.4 Å². The van der Waals surface area contributed by atoms with E-state index in [0.29, 0.717) is 23.9 Å². The maximum absolute atomic E-state index is 13.1. The fourth-order valence-electron chi connectivity index (χ4n) is 11.9. The lowest BCUT2D eigenvalue weighted by Crippen LogP contribution is -2.46. The fraction of sp³-hybridized carbons (Fsp3) is 0.986. The van der Waals surface area contributed by atoms with Gasteiger partial charge in [0.15, 0.2) is 0 Å².